The van der Waals surface area contributed by atoms with Gasteiger partial charge in [0.05, 0.1) is 23.9 Å². The largest absolute Gasteiger partial charge is 0.496 e. The summed E-state index contributed by atoms with van der Waals surface area (Å²) in [6.45, 7) is 3.82. The number of hydrogen-bond donors (Lipinski definition) is 1. The summed E-state index contributed by atoms with van der Waals surface area (Å²) in [4.78, 5) is 11.4. The summed E-state index contributed by atoms with van der Waals surface area (Å²) in [7, 11) is 1.60. The van der Waals surface area contributed by atoms with Crippen LogP contribution in [0.25, 0.3) is 11.0 Å². The van der Waals surface area contributed by atoms with Crippen LogP contribution in [0.5, 0.6) is 5.75 Å². The number of hydrogen-bond acceptors (Lipinski definition) is 4. The number of rotatable bonds is 4. The summed E-state index contributed by atoms with van der Waals surface area (Å²) >= 11 is 1.31. The number of nitrogens with zero attached hydrogens (tertiary/aromatic N) is 2. The van der Waals surface area contributed by atoms with Crippen molar-refractivity contribution in [2.45, 2.75) is 30.9 Å². The molecule has 3 aromatic rings. The first-order chi connectivity index (χ1) is 11.8. The second-order valence-corrected chi connectivity index (χ2v) is 6.54. The number of benzene rings is 1. The minimum atomic E-state index is -4.43. The SMILES string of the molecule is COc1c(C)cnc(CSc2nc3c(C(F)(F)F)cccc3[nH]2)c1C. The van der Waals surface area contributed by atoms with Crippen molar-refractivity contribution >= 4 is 22.8 Å². The molecule has 0 saturated carbocycles. The molecule has 2 heterocycles. The third kappa shape index (κ3) is 3.44. The van der Waals surface area contributed by atoms with Gasteiger partial charge in [-0.25, -0.2) is 4.98 Å². The Morgan fingerprint density at radius 3 is 2.68 bits per heavy atom. The summed E-state index contributed by atoms with van der Waals surface area (Å²) in [6, 6.07) is 3.99. The van der Waals surface area contributed by atoms with Gasteiger partial charge in [-0.15, -0.1) is 0 Å². The van der Waals surface area contributed by atoms with Crippen LogP contribution < -0.4 is 4.74 Å². The van der Waals surface area contributed by atoms with Crippen LogP contribution >= 0.6 is 11.8 Å². The van der Waals surface area contributed by atoms with Gasteiger partial charge >= 0.3 is 6.18 Å². The Hall–Kier alpha value is -2.22. The van der Waals surface area contributed by atoms with Crippen LogP contribution in [-0.4, -0.2) is 22.1 Å². The normalized spacial score (nSPS) is 11.9. The molecule has 0 unspecified atom stereocenters. The van der Waals surface area contributed by atoms with Gasteiger partial charge in [-0.2, -0.15) is 13.2 Å². The van der Waals surface area contributed by atoms with E-state index in [1.54, 1.807) is 19.4 Å². The molecule has 0 atom stereocenters. The third-order valence-corrected chi connectivity index (χ3v) is 4.78. The molecule has 0 saturated heterocycles. The molecule has 0 amide bonds. The van der Waals surface area contributed by atoms with E-state index in [0.29, 0.717) is 16.4 Å². The van der Waals surface area contributed by atoms with Crippen LogP contribution in [-0.2, 0) is 11.9 Å². The van der Waals surface area contributed by atoms with Crippen molar-refractivity contribution in [3.05, 3.63) is 46.8 Å². The molecule has 0 bridgehead atoms. The molecule has 4 nitrogen and oxygen atoms in total. The zero-order valence-corrected chi connectivity index (χ0v) is 14.7. The standard InChI is InChI=1S/C17H16F3N3OS/c1-9-7-21-13(10(2)15(9)24-3)8-25-16-22-12-6-4-5-11(14(12)23-16)17(18,19)20/h4-7H,8H2,1-3H3,(H,22,23). The predicted octanol–water partition coefficient (Wildman–Crippen LogP) is 4.89. The number of ether oxygens (including phenoxy) is 1. The number of aryl methyl sites for hydroxylation is 1. The molecule has 0 aliphatic rings. The Morgan fingerprint density at radius 1 is 1.24 bits per heavy atom. The smallest absolute Gasteiger partial charge is 0.418 e. The molecular formula is C17H16F3N3OS. The van der Waals surface area contributed by atoms with E-state index in [0.717, 1.165) is 28.6 Å². The maximum absolute atomic E-state index is 13.1. The number of nitrogens with one attached hydrogen (secondary N) is 1. The van der Waals surface area contributed by atoms with Gasteiger partial charge in [0.2, 0.25) is 0 Å². The average molecular weight is 367 g/mol. The van der Waals surface area contributed by atoms with E-state index >= 15 is 0 Å². The fourth-order valence-corrected chi connectivity index (χ4v) is 3.56. The maximum Gasteiger partial charge on any atom is 0.418 e. The molecule has 0 radical (unpaired) electrons. The van der Waals surface area contributed by atoms with Crippen LogP contribution in [0.1, 0.15) is 22.4 Å². The highest BCUT2D eigenvalue weighted by Gasteiger charge is 2.33. The molecule has 8 heteroatoms. The molecule has 132 valence electrons. The second-order valence-electron chi connectivity index (χ2n) is 5.58. The Kier molecular flexibility index (Phi) is 4.64. The highest BCUT2D eigenvalue weighted by molar-refractivity contribution is 7.98. The lowest BCUT2D eigenvalue weighted by atomic mass is 10.1. The van der Waals surface area contributed by atoms with Crippen molar-refractivity contribution in [3.8, 4) is 5.75 Å². The molecule has 2 aromatic heterocycles. The average Bonchev–Trinajstić information content (AvgIpc) is 2.96. The number of thioether (sulfide) groups is 1. The molecule has 0 fully saturated rings. The molecule has 1 aromatic carbocycles. The number of aromatic amines is 1. The van der Waals surface area contributed by atoms with E-state index in [9.17, 15) is 13.2 Å². The maximum atomic E-state index is 13.1. The van der Waals surface area contributed by atoms with Crippen molar-refractivity contribution < 1.29 is 17.9 Å². The number of methoxy groups -OCH3 is 1. The lowest BCUT2D eigenvalue weighted by molar-refractivity contribution is -0.136. The van der Waals surface area contributed by atoms with Crippen LogP contribution in [0.15, 0.2) is 29.6 Å². The van der Waals surface area contributed by atoms with Crippen LogP contribution in [0, 0.1) is 13.8 Å². The summed E-state index contributed by atoms with van der Waals surface area (Å²) in [5.74, 6) is 1.25. The number of fused-ring (bicyclic) bond motifs is 1. The number of aromatic nitrogens is 3. The Morgan fingerprint density at radius 2 is 2.00 bits per heavy atom. The summed E-state index contributed by atoms with van der Waals surface area (Å²) in [6.07, 6.45) is -2.71. The van der Waals surface area contributed by atoms with Gasteiger partial charge in [0.15, 0.2) is 5.16 Å². The topological polar surface area (TPSA) is 50.8 Å². The van der Waals surface area contributed by atoms with Crippen LogP contribution in [0.2, 0.25) is 0 Å². The Labute approximate surface area is 146 Å². The number of para-hydroxylation sites is 1. The number of alkyl halides is 3. The number of imidazole rings is 1. The predicted molar refractivity (Wildman–Crippen MR) is 90.9 cm³/mol. The van der Waals surface area contributed by atoms with Gasteiger partial charge in [-0.1, -0.05) is 17.8 Å². The minimum absolute atomic E-state index is 0.0660. The van der Waals surface area contributed by atoms with E-state index < -0.39 is 11.7 Å². The van der Waals surface area contributed by atoms with Gasteiger partial charge in [0.25, 0.3) is 0 Å². The summed E-state index contributed by atoms with van der Waals surface area (Å²) in [5, 5.41) is 0.424. The zero-order chi connectivity index (χ0) is 18.2. The van der Waals surface area contributed by atoms with Crippen molar-refractivity contribution in [1.82, 2.24) is 15.0 Å². The van der Waals surface area contributed by atoms with Gasteiger partial charge in [0, 0.05) is 23.1 Å². The summed E-state index contributed by atoms with van der Waals surface area (Å²) in [5.41, 5.74) is 2.23. The van der Waals surface area contributed by atoms with Crippen molar-refractivity contribution in [3.63, 3.8) is 0 Å². The van der Waals surface area contributed by atoms with E-state index in [2.05, 4.69) is 15.0 Å². The zero-order valence-electron chi connectivity index (χ0n) is 13.9. The summed E-state index contributed by atoms with van der Waals surface area (Å²) < 4.78 is 44.6. The lowest BCUT2D eigenvalue weighted by Gasteiger charge is -2.11. The van der Waals surface area contributed by atoms with Gasteiger partial charge in [-0.05, 0) is 26.0 Å². The first kappa shape index (κ1) is 17.6. The quantitative estimate of drug-likeness (QED) is 0.667. The van der Waals surface area contributed by atoms with Crippen molar-refractivity contribution in [2.24, 2.45) is 0 Å². The number of H-pyrrole nitrogens is 1. The monoisotopic (exact) mass is 367 g/mol. The van der Waals surface area contributed by atoms with Crippen LogP contribution in [0.4, 0.5) is 13.2 Å². The first-order valence-corrected chi connectivity index (χ1v) is 8.47. The molecule has 3 rings (SSSR count). The molecule has 0 aliphatic heterocycles. The molecular weight excluding hydrogens is 351 g/mol. The van der Waals surface area contributed by atoms with E-state index in [4.69, 9.17) is 4.74 Å². The highest BCUT2D eigenvalue weighted by Crippen LogP contribution is 2.35. The highest BCUT2D eigenvalue weighted by atomic mass is 32.2. The van der Waals surface area contributed by atoms with Crippen molar-refractivity contribution in [1.29, 1.82) is 0 Å². The van der Waals surface area contributed by atoms with E-state index in [1.165, 1.54) is 17.8 Å². The van der Waals surface area contributed by atoms with Crippen LogP contribution in [0.3, 0.4) is 0 Å². The first-order valence-electron chi connectivity index (χ1n) is 7.49. The van der Waals surface area contributed by atoms with E-state index in [-0.39, 0.29) is 5.52 Å². The molecule has 0 spiro atoms. The number of pyridine rings is 1. The van der Waals surface area contributed by atoms with Gasteiger partial charge in [0.1, 0.15) is 11.3 Å². The Bertz CT molecular complexity index is 921. The van der Waals surface area contributed by atoms with Gasteiger partial charge in [-0.3, -0.25) is 4.98 Å². The molecule has 25 heavy (non-hydrogen) atoms. The fourth-order valence-electron chi connectivity index (χ4n) is 2.66. The third-order valence-electron chi connectivity index (χ3n) is 3.89. The molecule has 1 N–H and O–H groups in total. The van der Waals surface area contributed by atoms with Crippen molar-refractivity contribution in [2.75, 3.05) is 7.11 Å². The molecule has 0 aliphatic carbocycles. The minimum Gasteiger partial charge on any atom is -0.496 e. The lowest BCUT2D eigenvalue weighted by Crippen LogP contribution is -2.05. The number of halogens is 3. The Balaban J connectivity index is 1.88. The fraction of sp³-hybridized carbons (Fsp3) is 0.294. The van der Waals surface area contributed by atoms with Gasteiger partial charge < -0.3 is 9.72 Å². The van der Waals surface area contributed by atoms with E-state index in [1.807, 2.05) is 13.8 Å². The second kappa shape index (κ2) is 6.59.